The summed E-state index contributed by atoms with van der Waals surface area (Å²) in [4.78, 5) is 17.8. The second kappa shape index (κ2) is 10.0. The van der Waals surface area contributed by atoms with Crippen LogP contribution in [0.4, 0.5) is 11.5 Å². The Morgan fingerprint density at radius 3 is 2.48 bits per heavy atom. The summed E-state index contributed by atoms with van der Waals surface area (Å²) in [6.45, 7) is 2.61. The lowest BCUT2D eigenvalue weighted by molar-refractivity contribution is 0.0955. The van der Waals surface area contributed by atoms with Gasteiger partial charge in [-0.1, -0.05) is 48.0 Å². The van der Waals surface area contributed by atoms with Crippen molar-refractivity contribution in [1.82, 2.24) is 10.3 Å². The minimum atomic E-state index is -0.138. The molecule has 0 fully saturated rings. The van der Waals surface area contributed by atoms with Crippen molar-refractivity contribution in [3.8, 4) is 11.5 Å². The number of para-hydroxylation sites is 1. The van der Waals surface area contributed by atoms with Gasteiger partial charge in [-0.25, -0.2) is 4.98 Å². The maximum absolute atomic E-state index is 13.1. The Hall–Kier alpha value is -4.06. The van der Waals surface area contributed by atoms with Crippen molar-refractivity contribution in [2.24, 2.45) is 0 Å². The molecule has 2 N–H and O–H groups in total. The average Bonchev–Trinajstić information content (AvgIpc) is 2.84. The molecule has 0 spiro atoms. The fraction of sp³-hybridized carbons (Fsp3) is 0.185. The Bertz CT molecular complexity index is 1270. The first kappa shape index (κ1) is 22.1. The number of pyridine rings is 1. The van der Waals surface area contributed by atoms with E-state index < -0.39 is 0 Å². The molecule has 1 heterocycles. The van der Waals surface area contributed by atoms with E-state index in [-0.39, 0.29) is 5.91 Å². The molecule has 4 rings (SSSR count). The first-order valence-corrected chi connectivity index (χ1v) is 10.8. The van der Waals surface area contributed by atoms with E-state index in [1.807, 2.05) is 42.5 Å². The lowest BCUT2D eigenvalue weighted by Crippen LogP contribution is -2.26. The third-order valence-electron chi connectivity index (χ3n) is 5.45. The van der Waals surface area contributed by atoms with Crippen LogP contribution in [-0.2, 0) is 6.42 Å². The van der Waals surface area contributed by atoms with E-state index >= 15 is 0 Å². The lowest BCUT2D eigenvalue weighted by atomic mass is 10.1. The molecule has 0 aliphatic rings. The van der Waals surface area contributed by atoms with E-state index in [9.17, 15) is 4.79 Å². The number of hydrogen-bond donors (Lipinski definition) is 2. The Kier molecular flexibility index (Phi) is 6.74. The molecule has 0 atom stereocenters. The zero-order valence-corrected chi connectivity index (χ0v) is 19.0. The molecule has 1 aromatic heterocycles. The molecule has 0 radical (unpaired) electrons. The number of anilines is 2. The van der Waals surface area contributed by atoms with Gasteiger partial charge in [-0.15, -0.1) is 0 Å². The van der Waals surface area contributed by atoms with Crippen LogP contribution in [0.1, 0.15) is 21.5 Å². The number of methoxy groups -OCH3 is 2. The number of benzene rings is 3. The summed E-state index contributed by atoms with van der Waals surface area (Å²) in [7, 11) is 3.21. The molecule has 4 aromatic rings. The predicted octanol–water partition coefficient (Wildman–Crippen LogP) is 5.28. The van der Waals surface area contributed by atoms with E-state index in [1.165, 1.54) is 11.1 Å². The summed E-state index contributed by atoms with van der Waals surface area (Å²) in [6, 6.07) is 23.2. The van der Waals surface area contributed by atoms with Crippen LogP contribution in [0, 0.1) is 6.92 Å². The zero-order chi connectivity index (χ0) is 23.2. The van der Waals surface area contributed by atoms with Gasteiger partial charge in [0.1, 0.15) is 17.3 Å². The van der Waals surface area contributed by atoms with Gasteiger partial charge < -0.3 is 20.1 Å². The summed E-state index contributed by atoms with van der Waals surface area (Å²) in [5.41, 5.74) is 4.40. The zero-order valence-electron chi connectivity index (χ0n) is 19.0. The highest BCUT2D eigenvalue weighted by Crippen LogP contribution is 2.32. The number of carbonyl (C=O) groups is 1. The first-order chi connectivity index (χ1) is 16.1. The smallest absolute Gasteiger partial charge is 0.252 e. The van der Waals surface area contributed by atoms with Crippen molar-refractivity contribution in [2.75, 3.05) is 26.1 Å². The van der Waals surface area contributed by atoms with Crippen LogP contribution in [0.2, 0.25) is 0 Å². The van der Waals surface area contributed by atoms with Gasteiger partial charge in [0, 0.05) is 18.0 Å². The SMILES string of the molecule is COc1ccc(OC)c(Nc2cc(C(=O)NCCc3ccc(C)cc3)c3ccccc3n2)c1. The monoisotopic (exact) mass is 441 g/mol. The van der Waals surface area contributed by atoms with Gasteiger partial charge in [-0.05, 0) is 43.2 Å². The maximum atomic E-state index is 13.1. The Balaban J connectivity index is 1.59. The number of amides is 1. The summed E-state index contributed by atoms with van der Waals surface area (Å²) >= 11 is 0. The number of nitrogens with zero attached hydrogens (tertiary/aromatic N) is 1. The van der Waals surface area contributed by atoms with Crippen LogP contribution >= 0.6 is 0 Å². The highest BCUT2D eigenvalue weighted by Gasteiger charge is 2.14. The molecule has 0 saturated heterocycles. The number of ether oxygens (including phenoxy) is 2. The standard InChI is InChI=1S/C27H27N3O3/c1-18-8-10-19(11-9-18)14-15-28-27(31)22-17-26(29-23-7-5-4-6-21(22)23)30-24-16-20(32-2)12-13-25(24)33-3/h4-13,16-17H,14-15H2,1-3H3,(H,28,31)(H,29,30). The Labute approximate surface area is 193 Å². The van der Waals surface area contributed by atoms with Crippen LogP contribution in [0.25, 0.3) is 10.9 Å². The first-order valence-electron chi connectivity index (χ1n) is 10.8. The van der Waals surface area contributed by atoms with Gasteiger partial charge >= 0.3 is 0 Å². The fourth-order valence-electron chi connectivity index (χ4n) is 3.65. The Morgan fingerprint density at radius 1 is 0.939 bits per heavy atom. The van der Waals surface area contributed by atoms with Gasteiger partial charge in [0.25, 0.3) is 5.91 Å². The van der Waals surface area contributed by atoms with E-state index in [0.717, 1.165) is 17.3 Å². The van der Waals surface area contributed by atoms with E-state index in [0.29, 0.717) is 35.1 Å². The number of rotatable bonds is 8. The summed E-state index contributed by atoms with van der Waals surface area (Å²) in [5, 5.41) is 7.12. The van der Waals surface area contributed by atoms with Crippen molar-refractivity contribution < 1.29 is 14.3 Å². The molecule has 0 aliphatic carbocycles. The molecular weight excluding hydrogens is 414 g/mol. The topological polar surface area (TPSA) is 72.5 Å². The van der Waals surface area contributed by atoms with Crippen molar-refractivity contribution in [3.63, 3.8) is 0 Å². The molecule has 6 heteroatoms. The van der Waals surface area contributed by atoms with Crippen LogP contribution in [0.3, 0.4) is 0 Å². The van der Waals surface area contributed by atoms with Crippen LogP contribution in [-0.4, -0.2) is 31.7 Å². The number of fused-ring (bicyclic) bond motifs is 1. The molecule has 0 aliphatic heterocycles. The minimum Gasteiger partial charge on any atom is -0.497 e. The van der Waals surface area contributed by atoms with Crippen molar-refractivity contribution in [3.05, 3.63) is 89.5 Å². The summed E-state index contributed by atoms with van der Waals surface area (Å²) < 4.78 is 10.8. The number of aromatic nitrogens is 1. The van der Waals surface area contributed by atoms with Gasteiger partial charge in [0.05, 0.1) is 31.0 Å². The molecule has 168 valence electrons. The lowest BCUT2D eigenvalue weighted by Gasteiger charge is -2.14. The van der Waals surface area contributed by atoms with E-state index in [4.69, 9.17) is 14.5 Å². The van der Waals surface area contributed by atoms with E-state index in [2.05, 4.69) is 41.8 Å². The van der Waals surface area contributed by atoms with Crippen molar-refractivity contribution in [1.29, 1.82) is 0 Å². The molecule has 33 heavy (non-hydrogen) atoms. The van der Waals surface area contributed by atoms with Gasteiger partial charge in [0.2, 0.25) is 0 Å². The fourth-order valence-corrected chi connectivity index (χ4v) is 3.65. The molecule has 3 aromatic carbocycles. The van der Waals surface area contributed by atoms with Gasteiger partial charge in [0.15, 0.2) is 0 Å². The number of hydrogen-bond acceptors (Lipinski definition) is 5. The van der Waals surface area contributed by atoms with E-state index in [1.54, 1.807) is 20.3 Å². The minimum absolute atomic E-state index is 0.138. The van der Waals surface area contributed by atoms with Crippen molar-refractivity contribution in [2.45, 2.75) is 13.3 Å². The highest BCUT2D eigenvalue weighted by molar-refractivity contribution is 6.07. The molecular formula is C27H27N3O3. The van der Waals surface area contributed by atoms with Gasteiger partial charge in [-0.3, -0.25) is 4.79 Å². The second-order valence-electron chi connectivity index (χ2n) is 7.75. The average molecular weight is 442 g/mol. The largest absolute Gasteiger partial charge is 0.497 e. The predicted molar refractivity (Wildman–Crippen MR) is 132 cm³/mol. The normalized spacial score (nSPS) is 10.6. The number of nitrogens with one attached hydrogen (secondary N) is 2. The van der Waals surface area contributed by atoms with Crippen LogP contribution in [0.15, 0.2) is 72.8 Å². The van der Waals surface area contributed by atoms with Crippen LogP contribution in [0.5, 0.6) is 11.5 Å². The molecule has 6 nitrogen and oxygen atoms in total. The number of carbonyl (C=O) groups excluding carboxylic acids is 1. The summed E-state index contributed by atoms with van der Waals surface area (Å²) in [5.74, 6) is 1.74. The molecule has 0 saturated carbocycles. The third-order valence-corrected chi connectivity index (χ3v) is 5.45. The maximum Gasteiger partial charge on any atom is 0.252 e. The van der Waals surface area contributed by atoms with Crippen molar-refractivity contribution >= 4 is 28.3 Å². The van der Waals surface area contributed by atoms with Crippen LogP contribution < -0.4 is 20.1 Å². The number of aryl methyl sites for hydroxylation is 1. The Morgan fingerprint density at radius 2 is 1.73 bits per heavy atom. The molecule has 0 bridgehead atoms. The van der Waals surface area contributed by atoms with Gasteiger partial charge in [-0.2, -0.15) is 0 Å². The summed E-state index contributed by atoms with van der Waals surface area (Å²) in [6.07, 6.45) is 0.765. The highest BCUT2D eigenvalue weighted by atomic mass is 16.5. The molecule has 0 unspecified atom stereocenters. The quantitative estimate of drug-likeness (QED) is 0.389. The molecule has 1 amide bonds. The third kappa shape index (κ3) is 5.23. The second-order valence-corrected chi connectivity index (χ2v) is 7.75.